The van der Waals surface area contributed by atoms with Crippen molar-refractivity contribution in [3.05, 3.63) is 23.3 Å². The molecule has 0 aromatic carbocycles. The van der Waals surface area contributed by atoms with Gasteiger partial charge in [-0.25, -0.2) is 0 Å². The predicted molar refractivity (Wildman–Crippen MR) is 75.0 cm³/mol. The zero-order valence-corrected chi connectivity index (χ0v) is 12.2. The summed E-state index contributed by atoms with van der Waals surface area (Å²) in [6.07, 6.45) is 0. The molecule has 0 radical (unpaired) electrons. The molecular formula is C12H19N7O. The summed E-state index contributed by atoms with van der Waals surface area (Å²) < 4.78 is 5.04. The Morgan fingerprint density at radius 2 is 1.90 bits per heavy atom. The number of nitrogens with zero attached hydrogens (tertiary/aromatic N) is 6. The quantitative estimate of drug-likeness (QED) is 0.841. The monoisotopic (exact) mass is 277 g/mol. The molecule has 108 valence electrons. The molecule has 2 aromatic rings. The van der Waals surface area contributed by atoms with Crippen molar-refractivity contribution in [3.63, 3.8) is 0 Å². The van der Waals surface area contributed by atoms with Crippen molar-refractivity contribution in [3.8, 4) is 0 Å². The van der Waals surface area contributed by atoms with Gasteiger partial charge < -0.3 is 15.2 Å². The van der Waals surface area contributed by atoms with Gasteiger partial charge in [0.05, 0.1) is 12.2 Å². The van der Waals surface area contributed by atoms with Crippen molar-refractivity contribution >= 4 is 11.9 Å². The highest BCUT2D eigenvalue weighted by atomic mass is 16.5. The van der Waals surface area contributed by atoms with E-state index in [0.717, 1.165) is 11.5 Å². The smallest absolute Gasteiger partial charge is 0.229 e. The Bertz CT molecular complexity index is 581. The highest BCUT2D eigenvalue weighted by Crippen LogP contribution is 2.09. The van der Waals surface area contributed by atoms with Crippen LogP contribution in [-0.4, -0.2) is 46.2 Å². The zero-order chi connectivity index (χ0) is 14.7. The van der Waals surface area contributed by atoms with Crippen LogP contribution in [0.4, 0.5) is 11.9 Å². The van der Waals surface area contributed by atoms with Crippen LogP contribution in [0.1, 0.15) is 17.3 Å². The minimum absolute atomic E-state index is 0.226. The maximum atomic E-state index is 5.69. The number of hydrogen-bond acceptors (Lipinski definition) is 8. The molecule has 0 spiro atoms. The van der Waals surface area contributed by atoms with E-state index in [1.54, 1.807) is 4.90 Å². The first kappa shape index (κ1) is 14.2. The Morgan fingerprint density at radius 3 is 2.50 bits per heavy atom. The summed E-state index contributed by atoms with van der Waals surface area (Å²) >= 11 is 0. The Hall–Kier alpha value is -2.22. The van der Waals surface area contributed by atoms with Gasteiger partial charge in [-0.1, -0.05) is 5.16 Å². The van der Waals surface area contributed by atoms with Crippen molar-refractivity contribution in [1.82, 2.24) is 25.0 Å². The van der Waals surface area contributed by atoms with Crippen molar-refractivity contribution < 1.29 is 4.52 Å². The van der Waals surface area contributed by atoms with Crippen LogP contribution in [0.5, 0.6) is 0 Å². The predicted octanol–water partition coefficient (Wildman–Crippen LogP) is 0.448. The van der Waals surface area contributed by atoms with E-state index >= 15 is 0 Å². The highest BCUT2D eigenvalue weighted by molar-refractivity contribution is 5.32. The Labute approximate surface area is 117 Å². The van der Waals surface area contributed by atoms with E-state index < -0.39 is 0 Å². The van der Waals surface area contributed by atoms with Crippen LogP contribution >= 0.6 is 0 Å². The van der Waals surface area contributed by atoms with Crippen LogP contribution in [0.25, 0.3) is 0 Å². The number of aromatic nitrogens is 4. The first-order chi connectivity index (χ1) is 9.44. The first-order valence-electron chi connectivity index (χ1n) is 6.22. The minimum Gasteiger partial charge on any atom is -0.368 e. The highest BCUT2D eigenvalue weighted by Gasteiger charge is 2.10. The summed E-state index contributed by atoms with van der Waals surface area (Å²) in [7, 11) is 5.68. The fourth-order valence-electron chi connectivity index (χ4n) is 1.76. The molecule has 2 aromatic heterocycles. The zero-order valence-electron chi connectivity index (χ0n) is 12.2. The van der Waals surface area contributed by atoms with E-state index in [9.17, 15) is 0 Å². The second-order valence-corrected chi connectivity index (χ2v) is 4.91. The summed E-state index contributed by atoms with van der Waals surface area (Å²) in [5, 5.41) is 3.96. The van der Waals surface area contributed by atoms with Gasteiger partial charge in [-0.3, -0.25) is 4.90 Å². The summed E-state index contributed by atoms with van der Waals surface area (Å²) in [6, 6.07) is 1.91. The summed E-state index contributed by atoms with van der Waals surface area (Å²) in [5.74, 6) is 2.21. The van der Waals surface area contributed by atoms with Crippen molar-refractivity contribution in [1.29, 1.82) is 0 Å². The van der Waals surface area contributed by atoms with Gasteiger partial charge in [0.2, 0.25) is 11.9 Å². The summed E-state index contributed by atoms with van der Waals surface area (Å²) in [6.45, 7) is 3.08. The van der Waals surface area contributed by atoms with Gasteiger partial charge in [0.25, 0.3) is 0 Å². The van der Waals surface area contributed by atoms with E-state index in [0.29, 0.717) is 24.9 Å². The van der Waals surface area contributed by atoms with E-state index in [1.165, 1.54) is 0 Å². The van der Waals surface area contributed by atoms with Crippen LogP contribution in [0.15, 0.2) is 10.6 Å². The second kappa shape index (κ2) is 5.83. The van der Waals surface area contributed by atoms with Crippen LogP contribution in [0.2, 0.25) is 0 Å². The van der Waals surface area contributed by atoms with Gasteiger partial charge in [0.1, 0.15) is 11.6 Å². The lowest BCUT2D eigenvalue weighted by Gasteiger charge is -2.16. The molecule has 0 amide bonds. The molecule has 0 saturated carbocycles. The molecule has 0 unspecified atom stereocenters. The number of rotatable bonds is 5. The third kappa shape index (κ3) is 3.64. The molecular weight excluding hydrogens is 258 g/mol. The van der Waals surface area contributed by atoms with Crippen LogP contribution < -0.4 is 10.6 Å². The molecule has 0 atom stereocenters. The van der Waals surface area contributed by atoms with Gasteiger partial charge >= 0.3 is 0 Å². The molecule has 2 heterocycles. The molecule has 20 heavy (non-hydrogen) atoms. The fraction of sp³-hybridized carbons (Fsp3) is 0.500. The lowest BCUT2D eigenvalue weighted by Crippen LogP contribution is -2.22. The summed E-state index contributed by atoms with van der Waals surface area (Å²) in [5.41, 5.74) is 6.57. The van der Waals surface area contributed by atoms with Crippen molar-refractivity contribution in [2.24, 2.45) is 0 Å². The van der Waals surface area contributed by atoms with Crippen molar-refractivity contribution in [2.45, 2.75) is 20.0 Å². The fourth-order valence-corrected chi connectivity index (χ4v) is 1.76. The van der Waals surface area contributed by atoms with Crippen LogP contribution in [0.3, 0.4) is 0 Å². The lowest BCUT2D eigenvalue weighted by molar-refractivity contribution is 0.295. The van der Waals surface area contributed by atoms with E-state index in [-0.39, 0.29) is 5.95 Å². The number of aryl methyl sites for hydroxylation is 1. The average molecular weight is 277 g/mol. The average Bonchev–Trinajstić information content (AvgIpc) is 2.73. The van der Waals surface area contributed by atoms with E-state index in [4.69, 9.17) is 10.3 Å². The SMILES string of the molecule is Cc1cc(CN(C)Cc2nc(N)nc(N(C)C)n2)no1. The van der Waals surface area contributed by atoms with Gasteiger partial charge in [-0.2, -0.15) is 15.0 Å². The molecule has 0 aliphatic heterocycles. The molecule has 0 saturated heterocycles. The molecule has 0 fully saturated rings. The topological polar surface area (TPSA) is 97.2 Å². The van der Waals surface area contributed by atoms with Gasteiger partial charge in [0, 0.05) is 26.7 Å². The third-order valence-electron chi connectivity index (χ3n) is 2.61. The Kier molecular flexibility index (Phi) is 4.14. The molecule has 0 bridgehead atoms. The number of hydrogen-bond donors (Lipinski definition) is 1. The van der Waals surface area contributed by atoms with Crippen LogP contribution in [-0.2, 0) is 13.1 Å². The molecule has 0 aliphatic rings. The van der Waals surface area contributed by atoms with E-state index in [2.05, 4.69) is 20.1 Å². The molecule has 8 nitrogen and oxygen atoms in total. The number of anilines is 2. The maximum Gasteiger partial charge on any atom is 0.229 e. The van der Waals surface area contributed by atoms with Gasteiger partial charge in [0.15, 0.2) is 0 Å². The molecule has 2 rings (SSSR count). The molecule has 8 heteroatoms. The minimum atomic E-state index is 0.226. The summed E-state index contributed by atoms with van der Waals surface area (Å²) in [4.78, 5) is 16.4. The van der Waals surface area contributed by atoms with Crippen LogP contribution in [0, 0.1) is 6.92 Å². The largest absolute Gasteiger partial charge is 0.368 e. The van der Waals surface area contributed by atoms with Gasteiger partial charge in [-0.05, 0) is 14.0 Å². The second-order valence-electron chi connectivity index (χ2n) is 4.91. The normalized spacial score (nSPS) is 11.1. The van der Waals surface area contributed by atoms with E-state index in [1.807, 2.05) is 39.0 Å². The molecule has 2 N–H and O–H groups in total. The van der Waals surface area contributed by atoms with Gasteiger partial charge in [-0.15, -0.1) is 0 Å². The third-order valence-corrected chi connectivity index (χ3v) is 2.61. The lowest BCUT2D eigenvalue weighted by atomic mass is 10.3. The molecule has 0 aliphatic carbocycles. The number of nitrogens with two attached hydrogens (primary N) is 1. The Balaban J connectivity index is 2.05. The number of nitrogen functional groups attached to an aromatic ring is 1. The standard InChI is InChI=1S/C12H19N7O/c1-8-5-9(17-20-8)6-19(4)7-10-14-11(13)16-12(15-10)18(2)3/h5H,6-7H2,1-4H3,(H2,13,14,15,16). The van der Waals surface area contributed by atoms with Crippen molar-refractivity contribution in [2.75, 3.05) is 31.8 Å². The Morgan fingerprint density at radius 1 is 1.15 bits per heavy atom. The maximum absolute atomic E-state index is 5.69. The first-order valence-corrected chi connectivity index (χ1v) is 6.22.